The molecule has 1 aliphatic rings. The van der Waals surface area contributed by atoms with Gasteiger partial charge in [-0.25, -0.2) is 4.79 Å². The van der Waals surface area contributed by atoms with E-state index in [4.69, 9.17) is 11.6 Å². The predicted molar refractivity (Wildman–Crippen MR) is 73.8 cm³/mol. The Kier molecular flexibility index (Phi) is 4.10. The number of hydrogen-bond acceptors (Lipinski definition) is 2. The lowest BCUT2D eigenvalue weighted by Gasteiger charge is -2.13. The molecule has 3 amide bonds. The van der Waals surface area contributed by atoms with Crippen LogP contribution in [0.1, 0.15) is 25.8 Å². The van der Waals surface area contributed by atoms with Gasteiger partial charge in [0.2, 0.25) is 0 Å². The second kappa shape index (κ2) is 5.61. The number of imide groups is 1. The maximum Gasteiger partial charge on any atom is 0.325 e. The summed E-state index contributed by atoms with van der Waals surface area (Å²) < 4.78 is 0. The fourth-order valence-electron chi connectivity index (χ4n) is 2.13. The van der Waals surface area contributed by atoms with Crippen molar-refractivity contribution in [2.24, 2.45) is 5.92 Å². The Labute approximate surface area is 117 Å². The Hall–Kier alpha value is -1.55. The minimum atomic E-state index is -0.389. The molecule has 2 rings (SSSR count). The van der Waals surface area contributed by atoms with Crippen molar-refractivity contribution in [2.45, 2.75) is 32.9 Å². The van der Waals surface area contributed by atoms with Crippen LogP contribution in [0, 0.1) is 5.92 Å². The number of urea groups is 1. The molecule has 1 fully saturated rings. The number of benzene rings is 1. The third-order valence-corrected chi connectivity index (χ3v) is 3.32. The van der Waals surface area contributed by atoms with Crippen molar-refractivity contribution in [1.82, 2.24) is 10.2 Å². The molecule has 4 nitrogen and oxygen atoms in total. The molecule has 1 aromatic carbocycles. The second-order valence-electron chi connectivity index (χ2n) is 5.18. The molecule has 1 saturated heterocycles. The maximum absolute atomic E-state index is 12.1. The molecular weight excluding hydrogens is 264 g/mol. The van der Waals surface area contributed by atoms with Crippen molar-refractivity contribution in [2.75, 3.05) is 0 Å². The molecule has 5 heteroatoms. The van der Waals surface area contributed by atoms with Crippen LogP contribution in [0.3, 0.4) is 0 Å². The highest BCUT2D eigenvalue weighted by atomic mass is 35.5. The Morgan fingerprint density at radius 1 is 1.26 bits per heavy atom. The molecule has 1 N–H and O–H groups in total. The maximum atomic E-state index is 12.1. The van der Waals surface area contributed by atoms with Crippen LogP contribution in [0.25, 0.3) is 0 Å². The predicted octanol–water partition coefficient (Wildman–Crippen LogP) is 2.81. The first-order valence-electron chi connectivity index (χ1n) is 6.33. The third-order valence-electron chi connectivity index (χ3n) is 3.07. The number of nitrogens with one attached hydrogen (secondary N) is 1. The number of carbonyl (C=O) groups is 2. The van der Waals surface area contributed by atoms with Gasteiger partial charge >= 0.3 is 6.03 Å². The van der Waals surface area contributed by atoms with Gasteiger partial charge in [0, 0.05) is 5.02 Å². The molecule has 1 aromatic rings. The number of amides is 3. The molecular formula is C14H17ClN2O2. The quantitative estimate of drug-likeness (QED) is 0.862. The molecule has 0 saturated carbocycles. The number of hydrogen-bond donors (Lipinski definition) is 1. The van der Waals surface area contributed by atoms with Crippen LogP contribution < -0.4 is 5.32 Å². The summed E-state index contributed by atoms with van der Waals surface area (Å²) in [5, 5.41) is 3.37. The van der Waals surface area contributed by atoms with E-state index in [0.29, 0.717) is 17.4 Å². The first-order valence-corrected chi connectivity index (χ1v) is 6.71. The van der Waals surface area contributed by atoms with Gasteiger partial charge in [-0.05, 0) is 30.0 Å². The standard InChI is InChI=1S/C14H17ClN2O2/c1-9(2)7-12-13(18)17(14(19)16-12)8-10-3-5-11(15)6-4-10/h3-6,9,12H,7-8H2,1-2H3,(H,16,19). The highest BCUT2D eigenvalue weighted by Gasteiger charge is 2.37. The van der Waals surface area contributed by atoms with Crippen LogP contribution in [-0.4, -0.2) is 22.9 Å². The van der Waals surface area contributed by atoms with Crippen molar-refractivity contribution in [3.05, 3.63) is 34.9 Å². The van der Waals surface area contributed by atoms with Gasteiger partial charge in [-0.15, -0.1) is 0 Å². The van der Waals surface area contributed by atoms with Crippen LogP contribution in [0.2, 0.25) is 5.02 Å². The van der Waals surface area contributed by atoms with E-state index < -0.39 is 0 Å². The van der Waals surface area contributed by atoms with Crippen LogP contribution in [-0.2, 0) is 11.3 Å². The lowest BCUT2D eigenvalue weighted by Crippen LogP contribution is -2.31. The summed E-state index contributed by atoms with van der Waals surface area (Å²) in [4.78, 5) is 25.2. The van der Waals surface area contributed by atoms with Crippen LogP contribution in [0.15, 0.2) is 24.3 Å². The topological polar surface area (TPSA) is 49.4 Å². The Morgan fingerprint density at radius 2 is 1.89 bits per heavy atom. The number of nitrogens with zero attached hydrogens (tertiary/aromatic N) is 1. The van der Waals surface area contributed by atoms with Gasteiger partial charge in [0.05, 0.1) is 6.54 Å². The molecule has 102 valence electrons. The van der Waals surface area contributed by atoms with E-state index >= 15 is 0 Å². The van der Waals surface area contributed by atoms with E-state index in [1.165, 1.54) is 4.90 Å². The van der Waals surface area contributed by atoms with Gasteiger partial charge in [0.15, 0.2) is 0 Å². The molecule has 0 spiro atoms. The first-order chi connectivity index (χ1) is 8.97. The Bertz CT molecular complexity index is 485. The molecule has 1 unspecified atom stereocenters. The SMILES string of the molecule is CC(C)CC1NC(=O)N(Cc2ccc(Cl)cc2)C1=O. The Balaban J connectivity index is 2.06. The molecule has 0 bridgehead atoms. The van der Waals surface area contributed by atoms with Gasteiger partial charge in [0.1, 0.15) is 6.04 Å². The fourth-order valence-corrected chi connectivity index (χ4v) is 2.26. The molecule has 1 heterocycles. The number of rotatable bonds is 4. The molecule has 1 atom stereocenters. The summed E-state index contributed by atoms with van der Waals surface area (Å²) in [6, 6.07) is 6.43. The van der Waals surface area contributed by atoms with Crippen LogP contribution in [0.4, 0.5) is 4.79 Å². The zero-order chi connectivity index (χ0) is 14.0. The lowest BCUT2D eigenvalue weighted by molar-refractivity contribution is -0.128. The van der Waals surface area contributed by atoms with E-state index in [9.17, 15) is 9.59 Å². The average molecular weight is 281 g/mol. The molecule has 0 aromatic heterocycles. The van der Waals surface area contributed by atoms with Gasteiger partial charge in [0.25, 0.3) is 5.91 Å². The van der Waals surface area contributed by atoms with E-state index in [-0.39, 0.29) is 24.5 Å². The van der Waals surface area contributed by atoms with Crippen LogP contribution in [0.5, 0.6) is 0 Å². The summed E-state index contributed by atoms with van der Waals surface area (Å²) in [6.07, 6.45) is 0.668. The zero-order valence-electron chi connectivity index (χ0n) is 11.0. The monoisotopic (exact) mass is 280 g/mol. The van der Waals surface area contributed by atoms with Crippen molar-refractivity contribution in [3.8, 4) is 0 Å². The smallest absolute Gasteiger partial charge is 0.325 e. The highest BCUT2D eigenvalue weighted by Crippen LogP contribution is 2.18. The zero-order valence-corrected chi connectivity index (χ0v) is 11.8. The average Bonchev–Trinajstić information content (AvgIpc) is 2.59. The summed E-state index contributed by atoms with van der Waals surface area (Å²) in [6.45, 7) is 4.35. The highest BCUT2D eigenvalue weighted by molar-refractivity contribution is 6.30. The lowest BCUT2D eigenvalue weighted by atomic mass is 10.0. The van der Waals surface area contributed by atoms with E-state index in [0.717, 1.165) is 5.56 Å². The third kappa shape index (κ3) is 3.26. The van der Waals surface area contributed by atoms with Crippen LogP contribution >= 0.6 is 11.6 Å². The number of halogens is 1. The minimum Gasteiger partial charge on any atom is -0.326 e. The molecule has 1 aliphatic heterocycles. The normalized spacial score (nSPS) is 19.2. The summed E-state index contributed by atoms with van der Waals surface area (Å²) in [7, 11) is 0. The van der Waals surface area contributed by atoms with Gasteiger partial charge in [-0.1, -0.05) is 37.6 Å². The van der Waals surface area contributed by atoms with Crippen molar-refractivity contribution < 1.29 is 9.59 Å². The van der Waals surface area contributed by atoms with E-state index in [1.54, 1.807) is 12.1 Å². The summed E-state index contributed by atoms with van der Waals surface area (Å²) in [5.74, 6) is 0.221. The van der Waals surface area contributed by atoms with Crippen molar-refractivity contribution >= 4 is 23.5 Å². The molecule has 0 radical (unpaired) electrons. The second-order valence-corrected chi connectivity index (χ2v) is 5.62. The van der Waals surface area contributed by atoms with Gasteiger partial charge in [-0.3, -0.25) is 9.69 Å². The Morgan fingerprint density at radius 3 is 2.47 bits per heavy atom. The largest absolute Gasteiger partial charge is 0.326 e. The summed E-state index contributed by atoms with van der Waals surface area (Å²) in [5.41, 5.74) is 0.887. The van der Waals surface area contributed by atoms with Crippen molar-refractivity contribution in [3.63, 3.8) is 0 Å². The summed E-state index contributed by atoms with van der Waals surface area (Å²) >= 11 is 5.81. The van der Waals surface area contributed by atoms with Gasteiger partial charge in [-0.2, -0.15) is 0 Å². The molecule has 19 heavy (non-hydrogen) atoms. The van der Waals surface area contributed by atoms with E-state index in [2.05, 4.69) is 5.32 Å². The minimum absolute atomic E-state index is 0.145. The van der Waals surface area contributed by atoms with Gasteiger partial charge < -0.3 is 5.32 Å². The fraction of sp³-hybridized carbons (Fsp3) is 0.429. The molecule has 0 aliphatic carbocycles. The number of carbonyl (C=O) groups excluding carboxylic acids is 2. The van der Waals surface area contributed by atoms with Crippen molar-refractivity contribution in [1.29, 1.82) is 0 Å². The first kappa shape index (κ1) is 13.9. The van der Waals surface area contributed by atoms with E-state index in [1.807, 2.05) is 26.0 Å².